The van der Waals surface area contributed by atoms with Crippen molar-refractivity contribution in [3.63, 3.8) is 0 Å². The second-order valence-corrected chi connectivity index (χ2v) is 6.12. The van der Waals surface area contributed by atoms with Crippen LogP contribution in [0.25, 0.3) is 0 Å². The molecule has 0 amide bonds. The summed E-state index contributed by atoms with van der Waals surface area (Å²) in [5.74, 6) is 0. The molecule has 2 saturated heterocycles. The lowest BCUT2D eigenvalue weighted by molar-refractivity contribution is -0.297. The van der Waals surface area contributed by atoms with Gasteiger partial charge in [0.1, 0.15) is 24.6 Å². The maximum Gasteiger partial charge on any atom is 0.269 e. The fourth-order valence-electron chi connectivity index (χ4n) is 2.98. The van der Waals surface area contributed by atoms with Gasteiger partial charge >= 0.3 is 0 Å². The predicted molar refractivity (Wildman–Crippen MR) is 89.5 cm³/mol. The van der Waals surface area contributed by atoms with Gasteiger partial charge in [0, 0.05) is 24.4 Å². The van der Waals surface area contributed by atoms with E-state index in [4.69, 9.17) is 31.2 Å². The minimum absolute atomic E-state index is 0.144. The molecule has 0 radical (unpaired) electrons. The number of ether oxygens (including phenoxy) is 4. The van der Waals surface area contributed by atoms with Gasteiger partial charge in [0.2, 0.25) is 0 Å². The highest BCUT2D eigenvalue weighted by molar-refractivity contribution is 7.80. The first-order valence-corrected chi connectivity index (χ1v) is 8.34. The Kier molecular flexibility index (Phi) is 4.57. The van der Waals surface area contributed by atoms with E-state index in [0.29, 0.717) is 18.4 Å². The molecule has 2 aromatic rings. The molecular formula is C17H18N2O4S. The van der Waals surface area contributed by atoms with Crippen LogP contribution in [0, 0.1) is 0 Å². The summed E-state index contributed by atoms with van der Waals surface area (Å²) in [5.41, 5.74) is 0.984. The van der Waals surface area contributed by atoms with Crippen molar-refractivity contribution in [1.29, 1.82) is 0 Å². The molecule has 2 fully saturated rings. The van der Waals surface area contributed by atoms with Crippen LogP contribution in [0.15, 0.2) is 49.1 Å². The van der Waals surface area contributed by atoms with Gasteiger partial charge in [-0.25, -0.2) is 4.98 Å². The Hall–Kier alpha value is -1.80. The highest BCUT2D eigenvalue weighted by atomic mass is 32.1. The number of hydrogen-bond acceptors (Lipinski definition) is 6. The number of aromatic nitrogens is 2. The first-order valence-electron chi connectivity index (χ1n) is 7.94. The van der Waals surface area contributed by atoms with Gasteiger partial charge in [0.15, 0.2) is 6.29 Å². The average molecular weight is 346 g/mol. The summed E-state index contributed by atoms with van der Waals surface area (Å²) in [6.45, 7) is 1.07. The van der Waals surface area contributed by atoms with E-state index in [2.05, 4.69) is 4.98 Å². The zero-order valence-electron chi connectivity index (χ0n) is 13.0. The third-order valence-corrected chi connectivity index (χ3v) is 4.51. The Bertz CT molecular complexity index is 679. The summed E-state index contributed by atoms with van der Waals surface area (Å²) in [7, 11) is 0. The molecule has 2 aliphatic rings. The lowest BCUT2D eigenvalue weighted by Gasteiger charge is -2.43. The molecule has 24 heavy (non-hydrogen) atoms. The summed E-state index contributed by atoms with van der Waals surface area (Å²) in [5, 5.41) is 0.365. The van der Waals surface area contributed by atoms with E-state index in [1.54, 1.807) is 23.3 Å². The standard InChI is InChI=1S/C17H18N2O4S/c24-17(19-8-7-18-11-19)22-13-6-9-20-14-10-21-16(23-15(13)14)12-4-2-1-3-5-12/h1-5,7-8,11,13-16H,6,9-10H2/t13-,14-,15+,16?/m1/s1. The topological polar surface area (TPSA) is 54.7 Å². The number of rotatable bonds is 2. The number of benzene rings is 1. The molecule has 4 atom stereocenters. The highest BCUT2D eigenvalue weighted by Gasteiger charge is 2.43. The average Bonchev–Trinajstić information content (AvgIpc) is 3.17. The summed E-state index contributed by atoms with van der Waals surface area (Å²) in [4.78, 5) is 3.99. The van der Waals surface area contributed by atoms with Crippen molar-refractivity contribution in [3.8, 4) is 0 Å². The van der Waals surface area contributed by atoms with Crippen LogP contribution in [-0.2, 0) is 18.9 Å². The van der Waals surface area contributed by atoms with Crippen molar-refractivity contribution in [3.05, 3.63) is 54.6 Å². The van der Waals surface area contributed by atoms with Gasteiger partial charge in [0.25, 0.3) is 5.17 Å². The zero-order valence-corrected chi connectivity index (χ0v) is 13.8. The van der Waals surface area contributed by atoms with E-state index in [1.807, 2.05) is 30.3 Å². The molecule has 1 aromatic heterocycles. The predicted octanol–water partition coefficient (Wildman–Crippen LogP) is 2.30. The largest absolute Gasteiger partial charge is 0.464 e. The van der Waals surface area contributed by atoms with E-state index in [1.165, 1.54) is 0 Å². The minimum atomic E-state index is -0.415. The number of imidazole rings is 1. The van der Waals surface area contributed by atoms with Crippen LogP contribution in [0.1, 0.15) is 18.3 Å². The second-order valence-electron chi connectivity index (χ2n) is 5.77. The molecule has 1 unspecified atom stereocenters. The molecule has 0 bridgehead atoms. The minimum Gasteiger partial charge on any atom is -0.464 e. The molecule has 0 aliphatic carbocycles. The zero-order chi connectivity index (χ0) is 16.4. The van der Waals surface area contributed by atoms with Crippen molar-refractivity contribution in [2.45, 2.75) is 31.0 Å². The van der Waals surface area contributed by atoms with Gasteiger partial charge in [-0.2, -0.15) is 0 Å². The summed E-state index contributed by atoms with van der Waals surface area (Å²) < 4.78 is 25.4. The lowest BCUT2D eigenvalue weighted by atomic mass is 10.0. The monoisotopic (exact) mass is 346 g/mol. The fourth-order valence-corrected chi connectivity index (χ4v) is 3.22. The molecule has 2 aliphatic heterocycles. The smallest absolute Gasteiger partial charge is 0.269 e. The highest BCUT2D eigenvalue weighted by Crippen LogP contribution is 2.33. The molecule has 126 valence electrons. The van der Waals surface area contributed by atoms with Crippen molar-refractivity contribution in [2.24, 2.45) is 0 Å². The van der Waals surface area contributed by atoms with Crippen molar-refractivity contribution >= 4 is 17.4 Å². The first kappa shape index (κ1) is 15.7. The number of thiocarbonyl (C=S) groups is 1. The Morgan fingerprint density at radius 3 is 2.92 bits per heavy atom. The Labute approximate surface area is 145 Å². The number of fused-ring (bicyclic) bond motifs is 1. The first-order chi connectivity index (χ1) is 11.8. The van der Waals surface area contributed by atoms with E-state index in [9.17, 15) is 0 Å². The molecule has 0 spiro atoms. The molecule has 7 heteroatoms. The quantitative estimate of drug-likeness (QED) is 0.778. The van der Waals surface area contributed by atoms with Crippen molar-refractivity contribution < 1.29 is 18.9 Å². The SMILES string of the molecule is S=C(O[C@@H]1CCO[C@@H]2COC(c3ccccc3)O[C@H]21)n1ccnc1. The van der Waals surface area contributed by atoms with Crippen LogP contribution in [-0.4, -0.2) is 46.3 Å². The van der Waals surface area contributed by atoms with Crippen molar-refractivity contribution in [1.82, 2.24) is 9.55 Å². The van der Waals surface area contributed by atoms with Gasteiger partial charge < -0.3 is 18.9 Å². The van der Waals surface area contributed by atoms with Crippen LogP contribution in [0.2, 0.25) is 0 Å². The normalized spacial score (nSPS) is 29.7. The Balaban J connectivity index is 1.48. The summed E-state index contributed by atoms with van der Waals surface area (Å²) >= 11 is 5.34. The maximum absolute atomic E-state index is 6.15. The summed E-state index contributed by atoms with van der Waals surface area (Å²) in [6, 6.07) is 9.87. The van der Waals surface area contributed by atoms with Crippen LogP contribution < -0.4 is 0 Å². The van der Waals surface area contributed by atoms with Crippen LogP contribution in [0.4, 0.5) is 0 Å². The van der Waals surface area contributed by atoms with E-state index in [0.717, 1.165) is 12.0 Å². The molecule has 0 N–H and O–H groups in total. The second kappa shape index (κ2) is 6.98. The summed E-state index contributed by atoms with van der Waals surface area (Å²) in [6.07, 6.45) is 4.81. The maximum atomic E-state index is 6.15. The van der Waals surface area contributed by atoms with Gasteiger partial charge in [-0.1, -0.05) is 30.3 Å². The van der Waals surface area contributed by atoms with E-state index in [-0.39, 0.29) is 18.3 Å². The van der Waals surface area contributed by atoms with Gasteiger partial charge in [-0.15, -0.1) is 0 Å². The fraction of sp³-hybridized carbons (Fsp3) is 0.412. The van der Waals surface area contributed by atoms with Crippen LogP contribution in [0.3, 0.4) is 0 Å². The van der Waals surface area contributed by atoms with E-state index >= 15 is 0 Å². The lowest BCUT2D eigenvalue weighted by Crippen LogP contribution is -2.53. The van der Waals surface area contributed by atoms with Crippen molar-refractivity contribution in [2.75, 3.05) is 13.2 Å². The Morgan fingerprint density at radius 1 is 1.25 bits per heavy atom. The molecule has 6 nitrogen and oxygen atoms in total. The third-order valence-electron chi connectivity index (χ3n) is 4.20. The molecule has 4 rings (SSSR count). The van der Waals surface area contributed by atoms with E-state index < -0.39 is 6.29 Å². The molecular weight excluding hydrogens is 328 g/mol. The molecule has 1 aromatic carbocycles. The number of hydrogen-bond donors (Lipinski definition) is 0. The third kappa shape index (κ3) is 3.21. The van der Waals surface area contributed by atoms with Gasteiger partial charge in [-0.05, 0) is 12.2 Å². The van der Waals surface area contributed by atoms with Gasteiger partial charge in [-0.3, -0.25) is 4.57 Å². The van der Waals surface area contributed by atoms with Crippen LogP contribution >= 0.6 is 12.2 Å². The van der Waals surface area contributed by atoms with Crippen LogP contribution in [0.5, 0.6) is 0 Å². The number of nitrogens with zero attached hydrogens (tertiary/aromatic N) is 2. The molecule has 0 saturated carbocycles. The Morgan fingerprint density at radius 2 is 2.12 bits per heavy atom. The van der Waals surface area contributed by atoms with Gasteiger partial charge in [0.05, 0.1) is 13.2 Å². The molecule has 3 heterocycles.